The molecule has 30 heavy (non-hydrogen) atoms. The molecule has 2 amide bonds. The fourth-order valence-electron chi connectivity index (χ4n) is 3.74. The lowest BCUT2D eigenvalue weighted by molar-refractivity contribution is -0.142. The average molecular weight is 429 g/mol. The van der Waals surface area contributed by atoms with Crippen LogP contribution in [0.5, 0.6) is 5.75 Å². The van der Waals surface area contributed by atoms with Crippen LogP contribution >= 0.6 is 11.6 Å². The third-order valence-electron chi connectivity index (χ3n) is 5.46. The van der Waals surface area contributed by atoms with Crippen molar-refractivity contribution in [3.8, 4) is 5.75 Å². The Balaban J connectivity index is 1.71. The van der Waals surface area contributed by atoms with Gasteiger partial charge in [-0.2, -0.15) is 0 Å². The van der Waals surface area contributed by atoms with E-state index in [2.05, 4.69) is 5.32 Å². The number of nitrogens with one attached hydrogen (secondary N) is 1. The molecule has 160 valence electrons. The van der Waals surface area contributed by atoms with E-state index >= 15 is 0 Å². The molecule has 6 heteroatoms. The Labute approximate surface area is 183 Å². The second-order valence-corrected chi connectivity index (χ2v) is 8.36. The number of nitrogens with zero attached hydrogens (tertiary/aromatic N) is 1. The predicted molar refractivity (Wildman–Crippen MR) is 119 cm³/mol. The number of aryl methyl sites for hydroxylation is 1. The monoisotopic (exact) mass is 428 g/mol. The zero-order valence-electron chi connectivity index (χ0n) is 17.6. The van der Waals surface area contributed by atoms with Gasteiger partial charge in [0.05, 0.1) is 0 Å². The minimum atomic E-state index is -0.613. The molecule has 0 saturated heterocycles. The second kappa shape index (κ2) is 10.5. The molecule has 2 aromatic carbocycles. The number of ether oxygens (including phenoxy) is 1. The molecule has 3 rings (SSSR count). The summed E-state index contributed by atoms with van der Waals surface area (Å²) in [6, 6.07) is 14.5. The predicted octanol–water partition coefficient (Wildman–Crippen LogP) is 4.50. The maximum absolute atomic E-state index is 13.1. The average Bonchev–Trinajstić information content (AvgIpc) is 3.23. The van der Waals surface area contributed by atoms with Crippen LogP contribution in [0.2, 0.25) is 5.02 Å². The van der Waals surface area contributed by atoms with Crippen LogP contribution < -0.4 is 10.1 Å². The van der Waals surface area contributed by atoms with E-state index in [1.165, 1.54) is 0 Å². The molecule has 0 spiro atoms. The van der Waals surface area contributed by atoms with Crippen LogP contribution in [0.15, 0.2) is 48.5 Å². The summed E-state index contributed by atoms with van der Waals surface area (Å²) in [6.45, 7) is 3.88. The number of amides is 2. The van der Waals surface area contributed by atoms with Gasteiger partial charge in [0, 0.05) is 17.6 Å². The first kappa shape index (κ1) is 22.2. The third-order valence-corrected chi connectivity index (χ3v) is 5.70. The van der Waals surface area contributed by atoms with E-state index in [9.17, 15) is 9.59 Å². The third kappa shape index (κ3) is 6.23. The fraction of sp³-hybridized carbons (Fsp3) is 0.417. The molecule has 0 unspecified atom stereocenters. The van der Waals surface area contributed by atoms with E-state index in [1.807, 2.05) is 49.4 Å². The number of halogens is 1. The Bertz CT molecular complexity index is 880. The number of rotatable bonds is 8. The number of hydrogen-bond acceptors (Lipinski definition) is 3. The summed E-state index contributed by atoms with van der Waals surface area (Å²) < 4.78 is 5.71. The van der Waals surface area contributed by atoms with Crippen LogP contribution in [0, 0.1) is 6.92 Å². The van der Waals surface area contributed by atoms with Crippen molar-refractivity contribution >= 4 is 23.4 Å². The number of carbonyl (C=O) groups excluding carboxylic acids is 2. The molecule has 1 saturated carbocycles. The summed E-state index contributed by atoms with van der Waals surface area (Å²) in [5.41, 5.74) is 1.92. The highest BCUT2D eigenvalue weighted by molar-refractivity contribution is 6.30. The molecule has 1 aliphatic carbocycles. The van der Waals surface area contributed by atoms with Crippen LogP contribution in [0.25, 0.3) is 0 Å². The SMILES string of the molecule is Cc1cccc(OCC(=O)N(Cc2cccc(Cl)c2)[C@H](C)C(=O)NC2CCCC2)c1. The first-order chi connectivity index (χ1) is 14.4. The normalized spacial score (nSPS) is 14.9. The lowest BCUT2D eigenvalue weighted by Crippen LogP contribution is -2.50. The zero-order valence-corrected chi connectivity index (χ0v) is 18.3. The number of benzene rings is 2. The van der Waals surface area contributed by atoms with E-state index in [4.69, 9.17) is 16.3 Å². The fourth-order valence-corrected chi connectivity index (χ4v) is 3.95. The molecule has 5 nitrogen and oxygen atoms in total. The highest BCUT2D eigenvalue weighted by atomic mass is 35.5. The molecule has 0 aliphatic heterocycles. The molecule has 2 aromatic rings. The van der Waals surface area contributed by atoms with Crippen LogP contribution in [-0.4, -0.2) is 35.4 Å². The lowest BCUT2D eigenvalue weighted by Gasteiger charge is -2.29. The summed E-state index contributed by atoms with van der Waals surface area (Å²) in [7, 11) is 0. The summed E-state index contributed by atoms with van der Waals surface area (Å²) in [5.74, 6) is 0.257. The molecule has 1 aliphatic rings. The Morgan fingerprint density at radius 2 is 1.90 bits per heavy atom. The maximum Gasteiger partial charge on any atom is 0.261 e. The highest BCUT2D eigenvalue weighted by Gasteiger charge is 2.28. The van der Waals surface area contributed by atoms with Crippen LogP contribution in [-0.2, 0) is 16.1 Å². The molecule has 0 aromatic heterocycles. The highest BCUT2D eigenvalue weighted by Crippen LogP contribution is 2.19. The molecule has 0 heterocycles. The van der Waals surface area contributed by atoms with Gasteiger partial charge in [-0.15, -0.1) is 0 Å². The van der Waals surface area contributed by atoms with Crippen molar-refractivity contribution in [1.29, 1.82) is 0 Å². The summed E-state index contributed by atoms with van der Waals surface area (Å²) in [5, 5.41) is 3.69. The van der Waals surface area contributed by atoms with Gasteiger partial charge in [0.2, 0.25) is 5.91 Å². The molecular weight excluding hydrogens is 400 g/mol. The molecule has 0 radical (unpaired) electrons. The van der Waals surface area contributed by atoms with Gasteiger partial charge in [-0.25, -0.2) is 0 Å². The first-order valence-corrected chi connectivity index (χ1v) is 10.8. The summed E-state index contributed by atoms with van der Waals surface area (Å²) in [6.07, 6.45) is 4.26. The van der Waals surface area contributed by atoms with Crippen molar-refractivity contribution in [3.63, 3.8) is 0 Å². The van der Waals surface area contributed by atoms with E-state index in [0.717, 1.165) is 36.8 Å². The van der Waals surface area contributed by atoms with Gasteiger partial charge >= 0.3 is 0 Å². The van der Waals surface area contributed by atoms with E-state index in [0.29, 0.717) is 10.8 Å². The summed E-state index contributed by atoms with van der Waals surface area (Å²) >= 11 is 6.11. The van der Waals surface area contributed by atoms with Crippen molar-refractivity contribution in [2.45, 2.75) is 58.2 Å². The van der Waals surface area contributed by atoms with Crippen molar-refractivity contribution in [2.24, 2.45) is 0 Å². The van der Waals surface area contributed by atoms with E-state index in [1.54, 1.807) is 17.9 Å². The van der Waals surface area contributed by atoms with Gasteiger partial charge < -0.3 is 15.0 Å². The number of carbonyl (C=O) groups is 2. The first-order valence-electron chi connectivity index (χ1n) is 10.5. The van der Waals surface area contributed by atoms with Crippen molar-refractivity contribution in [3.05, 3.63) is 64.7 Å². The number of hydrogen-bond donors (Lipinski definition) is 1. The van der Waals surface area contributed by atoms with Gasteiger partial charge in [0.25, 0.3) is 5.91 Å². The molecule has 1 fully saturated rings. The minimum absolute atomic E-state index is 0.132. The van der Waals surface area contributed by atoms with Crippen molar-refractivity contribution < 1.29 is 14.3 Å². The Morgan fingerprint density at radius 1 is 1.17 bits per heavy atom. The van der Waals surface area contributed by atoms with Crippen molar-refractivity contribution in [1.82, 2.24) is 10.2 Å². The van der Waals surface area contributed by atoms with Gasteiger partial charge in [0.1, 0.15) is 11.8 Å². The molecular formula is C24H29ClN2O3. The Morgan fingerprint density at radius 3 is 2.60 bits per heavy atom. The summed E-state index contributed by atoms with van der Waals surface area (Å²) in [4.78, 5) is 27.5. The van der Waals surface area contributed by atoms with Gasteiger partial charge in [-0.1, -0.05) is 48.7 Å². The van der Waals surface area contributed by atoms with Crippen LogP contribution in [0.4, 0.5) is 0 Å². The Hall–Kier alpha value is -2.53. The van der Waals surface area contributed by atoms with Gasteiger partial charge in [0.15, 0.2) is 6.61 Å². The zero-order chi connectivity index (χ0) is 21.5. The Kier molecular flexibility index (Phi) is 7.75. The quantitative estimate of drug-likeness (QED) is 0.673. The second-order valence-electron chi connectivity index (χ2n) is 7.92. The van der Waals surface area contributed by atoms with Crippen molar-refractivity contribution in [2.75, 3.05) is 6.61 Å². The molecule has 0 bridgehead atoms. The molecule has 1 atom stereocenters. The lowest BCUT2D eigenvalue weighted by atomic mass is 10.1. The van der Waals surface area contributed by atoms with Crippen LogP contribution in [0.1, 0.15) is 43.7 Å². The van der Waals surface area contributed by atoms with E-state index in [-0.39, 0.29) is 31.0 Å². The van der Waals surface area contributed by atoms with Crippen LogP contribution in [0.3, 0.4) is 0 Å². The smallest absolute Gasteiger partial charge is 0.261 e. The molecule has 1 N–H and O–H groups in total. The topological polar surface area (TPSA) is 58.6 Å². The largest absolute Gasteiger partial charge is 0.484 e. The van der Waals surface area contributed by atoms with E-state index < -0.39 is 6.04 Å². The minimum Gasteiger partial charge on any atom is -0.484 e. The van der Waals surface area contributed by atoms with Gasteiger partial charge in [-0.3, -0.25) is 9.59 Å². The standard InChI is InChI=1S/C24H29ClN2O3/c1-17-7-5-12-22(13-17)30-16-23(28)27(15-19-8-6-9-20(25)14-19)18(2)24(29)26-21-10-3-4-11-21/h5-9,12-14,18,21H,3-4,10-11,15-16H2,1-2H3,(H,26,29)/t18-/m1/s1. The van der Waals surface area contributed by atoms with Gasteiger partial charge in [-0.05, 0) is 62.1 Å². The maximum atomic E-state index is 13.1.